The van der Waals surface area contributed by atoms with E-state index in [4.69, 9.17) is 26.4 Å². The molecule has 0 radical (unpaired) electrons. The van der Waals surface area contributed by atoms with Crippen LogP contribution in [0.1, 0.15) is 16.8 Å². The Morgan fingerprint density at radius 1 is 0.889 bits per heavy atom. The number of aromatic nitrogens is 1. The molecule has 3 aromatic carbocycles. The molecule has 0 spiro atoms. The van der Waals surface area contributed by atoms with Crippen LogP contribution in [0.4, 0.5) is 13.2 Å². The number of fused-ring (bicyclic) bond motifs is 1. The smallest absolute Gasteiger partial charge is 0.430 e. The number of pyridine rings is 1. The molecule has 0 aliphatic rings. The lowest BCUT2D eigenvalue weighted by Gasteiger charge is -2.12. The second-order valence-electron chi connectivity index (χ2n) is 8.08. The van der Waals surface area contributed by atoms with Crippen LogP contribution < -0.4 is 16.6 Å². The van der Waals surface area contributed by atoms with Gasteiger partial charge in [0.25, 0.3) is 0 Å². The number of nitrogens with zero attached hydrogens (tertiary/aromatic N) is 2. The van der Waals surface area contributed by atoms with Gasteiger partial charge in [0.15, 0.2) is 5.96 Å². The fraction of sp³-hybridized carbons (Fsp3) is 0.148. The van der Waals surface area contributed by atoms with Gasteiger partial charge in [-0.3, -0.25) is 4.98 Å². The molecule has 0 atom stereocenters. The van der Waals surface area contributed by atoms with Crippen molar-refractivity contribution >= 4 is 22.7 Å². The molecule has 0 bridgehead atoms. The monoisotopic (exact) mass is 493 g/mol. The van der Waals surface area contributed by atoms with Gasteiger partial charge in [0.05, 0.1) is 17.9 Å². The number of nitrogens with two attached hydrogens (primary N) is 2. The van der Waals surface area contributed by atoms with E-state index in [0.717, 1.165) is 33.3 Å². The third-order valence-electron chi connectivity index (χ3n) is 5.43. The van der Waals surface area contributed by atoms with Gasteiger partial charge in [0.1, 0.15) is 5.97 Å². The van der Waals surface area contributed by atoms with Gasteiger partial charge < -0.3 is 21.4 Å². The third kappa shape index (κ3) is 6.59. The number of hydrogen-bond donors (Lipinski definition) is 2. The molecule has 186 valence electrons. The van der Waals surface area contributed by atoms with Crippen molar-refractivity contribution in [1.29, 1.82) is 0 Å². The van der Waals surface area contributed by atoms with E-state index in [1.165, 1.54) is 16.7 Å². The maximum Gasteiger partial charge on any atom is 0.430 e. The molecule has 36 heavy (non-hydrogen) atoms. The van der Waals surface area contributed by atoms with Crippen LogP contribution >= 0.6 is 0 Å². The summed E-state index contributed by atoms with van der Waals surface area (Å²) in [4.78, 5) is 17.9. The first-order valence-corrected chi connectivity index (χ1v) is 10.9. The lowest BCUT2D eigenvalue weighted by Crippen LogP contribution is -2.37. The first kappa shape index (κ1) is 26.2. The zero-order chi connectivity index (χ0) is 26.5. The van der Waals surface area contributed by atoms with Crippen LogP contribution in [0.25, 0.3) is 33.2 Å². The van der Waals surface area contributed by atoms with Gasteiger partial charge in [0, 0.05) is 10.9 Å². The highest BCUT2D eigenvalue weighted by Gasteiger charge is 2.28. The van der Waals surface area contributed by atoms with Gasteiger partial charge in [-0.2, -0.15) is 13.2 Å². The number of aryl methyl sites for hydroxylation is 2. The van der Waals surface area contributed by atoms with Crippen LogP contribution in [0, 0.1) is 13.8 Å². The van der Waals surface area contributed by atoms with E-state index in [1.807, 2.05) is 6.07 Å². The highest BCUT2D eigenvalue weighted by Crippen LogP contribution is 2.30. The Balaban J connectivity index is 0.000000454. The molecule has 6 nitrogen and oxygen atoms in total. The second kappa shape index (κ2) is 10.9. The van der Waals surface area contributed by atoms with E-state index in [9.17, 15) is 13.2 Å². The summed E-state index contributed by atoms with van der Waals surface area (Å²) in [5.41, 5.74) is 18.8. The molecule has 0 saturated carbocycles. The van der Waals surface area contributed by atoms with Gasteiger partial charge in [-0.1, -0.05) is 54.6 Å². The van der Waals surface area contributed by atoms with Crippen LogP contribution in [0.5, 0.6) is 0 Å². The number of halogens is 3. The second-order valence-corrected chi connectivity index (χ2v) is 8.08. The number of carboxylic acid groups (broad SMARTS) is 1. The van der Waals surface area contributed by atoms with Crippen molar-refractivity contribution in [2.24, 2.45) is 16.5 Å². The number of alkyl halides is 3. The Morgan fingerprint density at radius 3 is 2.08 bits per heavy atom. The average Bonchev–Trinajstić information content (AvgIpc) is 2.83. The fourth-order valence-corrected chi connectivity index (χ4v) is 3.52. The quantitative estimate of drug-likeness (QED) is 0.325. The van der Waals surface area contributed by atoms with E-state index in [1.54, 1.807) is 0 Å². The first-order valence-electron chi connectivity index (χ1n) is 10.9. The zero-order valence-electron chi connectivity index (χ0n) is 19.6. The predicted octanol–water partition coefficient (Wildman–Crippen LogP) is 4.26. The molecular formula is C27H24F3N4O2-. The Kier molecular flexibility index (Phi) is 7.93. The van der Waals surface area contributed by atoms with Crippen molar-refractivity contribution in [3.05, 3.63) is 89.6 Å². The Bertz CT molecular complexity index is 1410. The molecule has 0 amide bonds. The van der Waals surface area contributed by atoms with Crippen LogP contribution in [-0.4, -0.2) is 23.1 Å². The van der Waals surface area contributed by atoms with Gasteiger partial charge in [0.2, 0.25) is 0 Å². The minimum Gasteiger partial charge on any atom is -0.542 e. The highest BCUT2D eigenvalue weighted by molar-refractivity contribution is 5.90. The number of hydrogen-bond acceptors (Lipinski definition) is 4. The summed E-state index contributed by atoms with van der Waals surface area (Å²) >= 11 is 0. The van der Waals surface area contributed by atoms with E-state index >= 15 is 0 Å². The molecule has 0 fully saturated rings. The minimum atomic E-state index is -5.19. The molecule has 1 heterocycles. The van der Waals surface area contributed by atoms with E-state index in [2.05, 4.69) is 85.6 Å². The van der Waals surface area contributed by atoms with Gasteiger partial charge in [-0.05, 0) is 59.7 Å². The predicted molar refractivity (Wildman–Crippen MR) is 133 cm³/mol. The normalized spacial score (nSPS) is 10.9. The lowest BCUT2D eigenvalue weighted by molar-refractivity contribution is -0.344. The van der Waals surface area contributed by atoms with Crippen LogP contribution in [0.2, 0.25) is 0 Å². The number of benzene rings is 3. The number of guanidine groups is 1. The summed E-state index contributed by atoms with van der Waals surface area (Å²) in [6, 6.07) is 25.3. The fourth-order valence-electron chi connectivity index (χ4n) is 3.52. The summed E-state index contributed by atoms with van der Waals surface area (Å²) in [6.45, 7) is 4.59. The van der Waals surface area contributed by atoms with E-state index < -0.39 is 12.1 Å². The minimum absolute atomic E-state index is 0.0697. The van der Waals surface area contributed by atoms with Crippen molar-refractivity contribution in [1.82, 2.24) is 4.98 Å². The summed E-state index contributed by atoms with van der Waals surface area (Å²) in [7, 11) is 0. The summed E-state index contributed by atoms with van der Waals surface area (Å²) in [6.07, 6.45) is -5.19. The number of aliphatic carboxylic acids is 1. The third-order valence-corrected chi connectivity index (χ3v) is 5.43. The van der Waals surface area contributed by atoms with E-state index in [-0.39, 0.29) is 5.96 Å². The van der Waals surface area contributed by atoms with E-state index in [0.29, 0.717) is 6.54 Å². The Labute approximate surface area is 206 Å². The molecule has 0 aliphatic carbocycles. The van der Waals surface area contributed by atoms with Crippen molar-refractivity contribution in [3.63, 3.8) is 0 Å². The molecule has 0 unspecified atom stereocenters. The zero-order valence-corrected chi connectivity index (χ0v) is 19.6. The van der Waals surface area contributed by atoms with Crippen molar-refractivity contribution < 1.29 is 23.1 Å². The van der Waals surface area contributed by atoms with Crippen LogP contribution in [-0.2, 0) is 11.3 Å². The molecule has 0 saturated heterocycles. The number of carbonyl (C=O) groups is 1. The number of rotatable bonds is 4. The maximum atomic E-state index is 10.5. The SMILES string of the molecule is Cc1cc2cc(-c3cccc(-c4ccccc4)c3)nc(CN=C(N)N)c2cc1C.O=C([O-])C(F)(F)F. The summed E-state index contributed by atoms with van der Waals surface area (Å²) in [5.74, 6) is -2.94. The number of aliphatic imine (C=N–C) groups is 1. The topological polar surface area (TPSA) is 117 Å². The molecular weight excluding hydrogens is 469 g/mol. The van der Waals surface area contributed by atoms with Crippen LogP contribution in [0.15, 0.2) is 77.8 Å². The molecule has 4 rings (SSSR count). The van der Waals surface area contributed by atoms with Crippen molar-refractivity contribution in [3.8, 4) is 22.4 Å². The molecule has 4 N–H and O–H groups in total. The van der Waals surface area contributed by atoms with Gasteiger partial charge >= 0.3 is 6.18 Å². The van der Waals surface area contributed by atoms with Gasteiger partial charge in [-0.25, -0.2) is 4.99 Å². The molecule has 0 aliphatic heterocycles. The first-order chi connectivity index (χ1) is 17.0. The van der Waals surface area contributed by atoms with Crippen LogP contribution in [0.3, 0.4) is 0 Å². The standard InChI is InChI=1S/C25H24N4.C2HF3O2/c1-16-11-21-14-23(29-24(15-28-25(26)27)22(21)12-17(16)2)20-10-6-9-19(13-20)18-7-4-3-5-8-18;3-2(4,5)1(6)7/h3-14H,15H2,1-2H3,(H4,26,27,28);(H,6,7)/p-1. The average molecular weight is 494 g/mol. The summed E-state index contributed by atoms with van der Waals surface area (Å²) < 4.78 is 31.5. The maximum absolute atomic E-state index is 10.5. The Hall–Kier alpha value is -4.40. The Morgan fingerprint density at radius 2 is 1.47 bits per heavy atom. The largest absolute Gasteiger partial charge is 0.542 e. The molecule has 4 aromatic rings. The molecule has 1 aromatic heterocycles. The number of carbonyl (C=O) groups excluding carboxylic acids is 1. The molecule has 9 heteroatoms. The highest BCUT2D eigenvalue weighted by atomic mass is 19.4. The number of carboxylic acids is 1. The lowest BCUT2D eigenvalue weighted by atomic mass is 9.98. The van der Waals surface area contributed by atoms with Crippen molar-refractivity contribution in [2.45, 2.75) is 26.6 Å². The van der Waals surface area contributed by atoms with Gasteiger partial charge in [-0.15, -0.1) is 0 Å². The summed E-state index contributed by atoms with van der Waals surface area (Å²) in [5, 5.41) is 11.0. The van der Waals surface area contributed by atoms with Crippen molar-refractivity contribution in [2.75, 3.05) is 0 Å².